The van der Waals surface area contributed by atoms with Gasteiger partial charge in [-0.25, -0.2) is 9.99 Å². The normalized spacial score (nSPS) is 14.5. The summed E-state index contributed by atoms with van der Waals surface area (Å²) in [6.07, 6.45) is 4.25. The Bertz CT molecular complexity index is 814. The third-order valence-electron chi connectivity index (χ3n) is 3.58. The quantitative estimate of drug-likeness (QED) is 0.922. The number of para-hydroxylation sites is 1. The van der Waals surface area contributed by atoms with E-state index in [9.17, 15) is 9.59 Å². The number of aromatic nitrogens is 2. The summed E-state index contributed by atoms with van der Waals surface area (Å²) in [5.41, 5.74) is 1.05. The number of anilines is 1. The zero-order valence-corrected chi connectivity index (χ0v) is 14.2. The number of nitrogens with zero attached hydrogens (tertiary/aromatic N) is 4. The minimum Gasteiger partial charge on any atom is -0.329 e. The van der Waals surface area contributed by atoms with Gasteiger partial charge in [-0.2, -0.15) is 5.10 Å². The zero-order chi connectivity index (χ0) is 17.1. The molecule has 1 N–H and O–H groups in total. The van der Waals surface area contributed by atoms with Crippen LogP contribution in [0, 0.1) is 0 Å². The van der Waals surface area contributed by atoms with Gasteiger partial charge < -0.3 is 9.88 Å². The molecule has 0 atom stereocenters. The molecule has 0 spiro atoms. The van der Waals surface area contributed by atoms with Gasteiger partial charge in [-0.05, 0) is 23.9 Å². The molecule has 1 aromatic heterocycles. The molecule has 124 valence electrons. The highest BCUT2D eigenvalue weighted by Gasteiger charge is 2.22. The van der Waals surface area contributed by atoms with Crippen LogP contribution in [-0.2, 0) is 16.6 Å². The molecule has 1 aliphatic rings. The summed E-state index contributed by atoms with van der Waals surface area (Å²) in [4.78, 5) is 29.1. The van der Waals surface area contributed by atoms with Gasteiger partial charge in [0.05, 0.1) is 5.69 Å². The fourth-order valence-electron chi connectivity index (χ4n) is 2.23. The van der Waals surface area contributed by atoms with Crippen LogP contribution in [0.25, 0.3) is 0 Å². The minimum atomic E-state index is -0.290. The number of amides is 2. The van der Waals surface area contributed by atoms with E-state index < -0.39 is 0 Å². The van der Waals surface area contributed by atoms with Crippen LogP contribution in [0.15, 0.2) is 51.8 Å². The molecule has 2 amide bonds. The van der Waals surface area contributed by atoms with Crippen molar-refractivity contribution in [3.8, 4) is 0 Å². The van der Waals surface area contributed by atoms with Gasteiger partial charge in [0.2, 0.25) is 5.91 Å². The van der Waals surface area contributed by atoms with Gasteiger partial charge in [0.25, 0.3) is 5.91 Å². The van der Waals surface area contributed by atoms with Gasteiger partial charge in [0.1, 0.15) is 5.71 Å². The lowest BCUT2D eigenvalue weighted by atomic mass is 10.1. The molecule has 3 rings (SSSR count). The van der Waals surface area contributed by atoms with E-state index in [0.29, 0.717) is 24.2 Å². The Labute approximate surface area is 143 Å². The van der Waals surface area contributed by atoms with E-state index in [2.05, 4.69) is 15.4 Å². The van der Waals surface area contributed by atoms with Gasteiger partial charge in [-0.3, -0.25) is 9.59 Å². The predicted molar refractivity (Wildman–Crippen MR) is 91.8 cm³/mol. The van der Waals surface area contributed by atoms with Crippen molar-refractivity contribution in [2.45, 2.75) is 22.9 Å². The first-order chi connectivity index (χ1) is 11.5. The molecule has 0 bridgehead atoms. The maximum absolute atomic E-state index is 12.4. The summed E-state index contributed by atoms with van der Waals surface area (Å²) >= 11 is 1.47. The van der Waals surface area contributed by atoms with E-state index in [-0.39, 0.29) is 11.8 Å². The highest BCUT2D eigenvalue weighted by molar-refractivity contribution is 7.99. The molecule has 0 aliphatic carbocycles. The SMILES string of the molecule is CN1N=C(C(=O)Nc2ccccc2Sc2nccn2C)CCC1=O. The molecular weight excluding hydrogens is 326 g/mol. The molecule has 2 aromatic rings. The fourth-order valence-corrected chi connectivity index (χ4v) is 3.13. The molecule has 24 heavy (non-hydrogen) atoms. The van der Waals surface area contributed by atoms with Crippen LogP contribution in [-0.4, -0.2) is 39.1 Å². The topological polar surface area (TPSA) is 79.6 Å². The van der Waals surface area contributed by atoms with Crippen LogP contribution < -0.4 is 5.32 Å². The third-order valence-corrected chi connectivity index (χ3v) is 4.73. The average molecular weight is 343 g/mol. The van der Waals surface area contributed by atoms with E-state index in [1.807, 2.05) is 42.1 Å². The molecule has 0 saturated heterocycles. The summed E-state index contributed by atoms with van der Waals surface area (Å²) in [5.74, 6) is -0.375. The standard InChI is InChI=1S/C16H17N5O2S/c1-20-10-9-17-16(20)24-13-6-4-3-5-11(13)18-15(23)12-7-8-14(22)21(2)19-12/h3-6,9-10H,7-8H2,1-2H3,(H,18,23). The molecule has 0 unspecified atom stereocenters. The van der Waals surface area contributed by atoms with Crippen molar-refractivity contribution >= 4 is 35.0 Å². The van der Waals surface area contributed by atoms with Crippen LogP contribution in [0.5, 0.6) is 0 Å². The maximum atomic E-state index is 12.4. The Hall–Kier alpha value is -2.61. The molecule has 0 radical (unpaired) electrons. The molecule has 1 aliphatic heterocycles. The van der Waals surface area contributed by atoms with Crippen molar-refractivity contribution in [1.82, 2.24) is 14.6 Å². The summed E-state index contributed by atoms with van der Waals surface area (Å²) in [6, 6.07) is 7.52. The van der Waals surface area contributed by atoms with Gasteiger partial charge >= 0.3 is 0 Å². The molecule has 1 aromatic carbocycles. The van der Waals surface area contributed by atoms with E-state index in [4.69, 9.17) is 0 Å². The Kier molecular flexibility index (Phi) is 4.66. The first kappa shape index (κ1) is 16.3. The molecule has 2 heterocycles. The molecule has 8 heteroatoms. The lowest BCUT2D eigenvalue weighted by Gasteiger charge is -2.19. The largest absolute Gasteiger partial charge is 0.329 e. The second kappa shape index (κ2) is 6.88. The number of rotatable bonds is 4. The Balaban J connectivity index is 1.78. The number of hydrogen-bond acceptors (Lipinski definition) is 5. The predicted octanol–water partition coefficient (Wildman–Crippen LogP) is 2.12. The van der Waals surface area contributed by atoms with Crippen molar-refractivity contribution in [1.29, 1.82) is 0 Å². The molecular formula is C16H17N5O2S. The number of aryl methyl sites for hydroxylation is 1. The Morgan fingerprint density at radius 3 is 2.75 bits per heavy atom. The highest BCUT2D eigenvalue weighted by Crippen LogP contribution is 2.32. The summed E-state index contributed by atoms with van der Waals surface area (Å²) < 4.78 is 1.91. The lowest BCUT2D eigenvalue weighted by molar-refractivity contribution is -0.130. The van der Waals surface area contributed by atoms with Crippen LogP contribution in [0.4, 0.5) is 5.69 Å². The smallest absolute Gasteiger partial charge is 0.271 e. The number of carbonyl (C=O) groups excluding carboxylic acids is 2. The van der Waals surface area contributed by atoms with Crippen molar-refractivity contribution in [3.05, 3.63) is 36.7 Å². The zero-order valence-electron chi connectivity index (χ0n) is 13.4. The molecule has 0 fully saturated rings. The van der Waals surface area contributed by atoms with E-state index >= 15 is 0 Å². The lowest BCUT2D eigenvalue weighted by Crippen LogP contribution is -2.34. The summed E-state index contributed by atoms with van der Waals surface area (Å²) in [7, 11) is 3.47. The van der Waals surface area contributed by atoms with Crippen molar-refractivity contribution in [3.63, 3.8) is 0 Å². The van der Waals surface area contributed by atoms with Gasteiger partial charge in [-0.15, -0.1) is 0 Å². The van der Waals surface area contributed by atoms with Crippen molar-refractivity contribution in [2.75, 3.05) is 12.4 Å². The first-order valence-corrected chi connectivity index (χ1v) is 8.26. The second-order valence-electron chi connectivity index (χ2n) is 5.34. The van der Waals surface area contributed by atoms with E-state index in [1.165, 1.54) is 16.8 Å². The molecule has 0 saturated carbocycles. The molecule has 7 nitrogen and oxygen atoms in total. The van der Waals surface area contributed by atoms with Crippen LogP contribution in [0.3, 0.4) is 0 Å². The number of carbonyl (C=O) groups is 2. The van der Waals surface area contributed by atoms with Crippen molar-refractivity contribution in [2.24, 2.45) is 12.1 Å². The van der Waals surface area contributed by atoms with Crippen molar-refractivity contribution < 1.29 is 9.59 Å². The number of imidazole rings is 1. The van der Waals surface area contributed by atoms with E-state index in [0.717, 1.165) is 10.1 Å². The Morgan fingerprint density at radius 2 is 2.04 bits per heavy atom. The van der Waals surface area contributed by atoms with Gasteiger partial charge in [0.15, 0.2) is 5.16 Å². The van der Waals surface area contributed by atoms with Gasteiger partial charge in [0, 0.05) is 44.2 Å². The average Bonchev–Trinajstić information content (AvgIpc) is 2.97. The summed E-state index contributed by atoms with van der Waals surface area (Å²) in [6.45, 7) is 0. The first-order valence-electron chi connectivity index (χ1n) is 7.44. The maximum Gasteiger partial charge on any atom is 0.271 e. The van der Waals surface area contributed by atoms with Gasteiger partial charge in [-0.1, -0.05) is 12.1 Å². The van der Waals surface area contributed by atoms with Crippen LogP contribution in [0.1, 0.15) is 12.8 Å². The second-order valence-corrected chi connectivity index (χ2v) is 6.35. The third kappa shape index (κ3) is 3.48. The van der Waals surface area contributed by atoms with E-state index in [1.54, 1.807) is 13.2 Å². The number of nitrogens with one attached hydrogen (secondary N) is 1. The monoisotopic (exact) mass is 343 g/mol. The highest BCUT2D eigenvalue weighted by atomic mass is 32.2. The van der Waals surface area contributed by atoms with Crippen LogP contribution >= 0.6 is 11.8 Å². The number of benzene rings is 1. The Morgan fingerprint density at radius 1 is 1.25 bits per heavy atom. The number of hydrogen-bond donors (Lipinski definition) is 1. The number of hydrazone groups is 1. The minimum absolute atomic E-state index is 0.0858. The van der Waals surface area contributed by atoms with Crippen LogP contribution in [0.2, 0.25) is 0 Å². The fraction of sp³-hybridized carbons (Fsp3) is 0.250. The summed E-state index contributed by atoms with van der Waals surface area (Å²) in [5, 5.41) is 8.97.